The second kappa shape index (κ2) is 12.9. The van der Waals surface area contributed by atoms with Gasteiger partial charge in [-0.2, -0.15) is 5.26 Å². The van der Waals surface area contributed by atoms with Gasteiger partial charge in [0.25, 0.3) is 0 Å². The standard InChI is InChI=1S/C53H32N4/c54-33-34-20-22-37(23-21-34)52-56-50(36-26-24-35(25-27-36)49-19-9-10-30-55-49)32-51(57-52)38-28-29-44-40-12-2-1-11-39(40)41-13-3-6-16-45(41)53(48(44)31-38)46-17-7-4-14-42(46)43-15-5-8-18-47(43)53/h1-32H. The lowest BCUT2D eigenvalue weighted by Gasteiger charge is -2.35. The van der Waals surface area contributed by atoms with Gasteiger partial charge in [0.15, 0.2) is 5.82 Å². The first-order chi connectivity index (χ1) is 28.2. The molecule has 2 aliphatic carbocycles. The van der Waals surface area contributed by atoms with E-state index in [1.54, 1.807) is 0 Å². The number of hydrogen-bond donors (Lipinski definition) is 0. The molecule has 57 heavy (non-hydrogen) atoms. The van der Waals surface area contributed by atoms with Crippen LogP contribution in [-0.4, -0.2) is 15.0 Å². The lowest BCUT2D eigenvalue weighted by molar-refractivity contribution is 0.775. The van der Waals surface area contributed by atoms with Gasteiger partial charge >= 0.3 is 0 Å². The van der Waals surface area contributed by atoms with Crippen molar-refractivity contribution in [1.82, 2.24) is 15.0 Å². The Kier molecular flexibility index (Phi) is 7.42. The minimum absolute atomic E-state index is 0.592. The highest BCUT2D eigenvalue weighted by molar-refractivity contribution is 5.98. The van der Waals surface area contributed by atoms with Gasteiger partial charge in [0.2, 0.25) is 0 Å². The summed E-state index contributed by atoms with van der Waals surface area (Å²) in [6, 6.07) is 68.7. The quantitative estimate of drug-likeness (QED) is 0.181. The maximum Gasteiger partial charge on any atom is 0.160 e. The molecule has 0 aliphatic heterocycles. The number of benzene rings is 7. The molecular weight excluding hydrogens is 693 g/mol. The molecule has 9 aromatic rings. The number of nitrogens with zero attached hydrogens (tertiary/aromatic N) is 4. The summed E-state index contributed by atoms with van der Waals surface area (Å²) >= 11 is 0. The Hall–Kier alpha value is -7.74. The SMILES string of the molecule is N#Cc1ccc(-c2nc(-c3ccc(-c4ccccn4)cc3)cc(-c3ccc4c(c3)C3(c5ccccc5-c5ccccc5-4)c4ccccc4-c4ccccc43)n2)cc1. The zero-order valence-electron chi connectivity index (χ0n) is 30.8. The molecule has 2 heterocycles. The van der Waals surface area contributed by atoms with E-state index in [0.29, 0.717) is 11.4 Å². The maximum atomic E-state index is 9.55. The monoisotopic (exact) mass is 724 g/mol. The largest absolute Gasteiger partial charge is 0.256 e. The smallest absolute Gasteiger partial charge is 0.160 e. The van der Waals surface area contributed by atoms with Gasteiger partial charge in [-0.05, 0) is 104 Å². The third-order valence-corrected chi connectivity index (χ3v) is 11.6. The van der Waals surface area contributed by atoms with Crippen molar-refractivity contribution in [2.75, 3.05) is 0 Å². The molecule has 0 amide bonds. The minimum atomic E-state index is -0.596. The highest BCUT2D eigenvalue weighted by Gasteiger charge is 2.49. The van der Waals surface area contributed by atoms with Crippen LogP contribution in [0, 0.1) is 11.3 Å². The van der Waals surface area contributed by atoms with E-state index in [4.69, 9.17) is 9.97 Å². The van der Waals surface area contributed by atoms with E-state index in [-0.39, 0.29) is 0 Å². The van der Waals surface area contributed by atoms with Crippen molar-refractivity contribution in [2.45, 2.75) is 5.41 Å². The van der Waals surface area contributed by atoms with Crippen molar-refractivity contribution in [2.24, 2.45) is 0 Å². The number of nitriles is 1. The molecular formula is C53H32N4. The molecule has 0 N–H and O–H groups in total. The molecule has 0 radical (unpaired) electrons. The van der Waals surface area contributed by atoms with Crippen molar-refractivity contribution in [3.8, 4) is 84.6 Å². The van der Waals surface area contributed by atoms with Gasteiger partial charge in [0, 0.05) is 28.5 Å². The zero-order chi connectivity index (χ0) is 37.9. The molecule has 0 saturated carbocycles. The van der Waals surface area contributed by atoms with Crippen LogP contribution in [0.15, 0.2) is 194 Å². The second-order valence-corrected chi connectivity index (χ2v) is 14.6. The first kappa shape index (κ1) is 32.7. The Morgan fingerprint density at radius 2 is 0.825 bits per heavy atom. The average Bonchev–Trinajstić information content (AvgIpc) is 3.54. The van der Waals surface area contributed by atoms with Crippen molar-refractivity contribution in [1.29, 1.82) is 5.26 Å². The van der Waals surface area contributed by atoms with E-state index >= 15 is 0 Å². The predicted molar refractivity (Wildman–Crippen MR) is 228 cm³/mol. The Morgan fingerprint density at radius 3 is 1.39 bits per heavy atom. The van der Waals surface area contributed by atoms with E-state index < -0.39 is 5.41 Å². The number of hydrogen-bond acceptors (Lipinski definition) is 4. The summed E-state index contributed by atoms with van der Waals surface area (Å²) in [5.41, 5.74) is 18.8. The Morgan fingerprint density at radius 1 is 0.368 bits per heavy atom. The first-order valence-corrected chi connectivity index (χ1v) is 19.2. The fraction of sp³-hybridized carbons (Fsp3) is 0.0189. The average molecular weight is 725 g/mol. The first-order valence-electron chi connectivity index (χ1n) is 19.2. The predicted octanol–water partition coefficient (Wildman–Crippen LogP) is 12.4. The molecule has 2 aliphatic rings. The molecule has 7 aromatic carbocycles. The summed E-state index contributed by atoms with van der Waals surface area (Å²) in [7, 11) is 0. The van der Waals surface area contributed by atoms with E-state index in [0.717, 1.165) is 39.3 Å². The van der Waals surface area contributed by atoms with E-state index in [2.05, 4.69) is 157 Å². The summed E-state index contributed by atoms with van der Waals surface area (Å²) in [5.74, 6) is 0.595. The van der Waals surface area contributed by atoms with E-state index in [1.165, 1.54) is 55.6 Å². The number of aromatic nitrogens is 3. The third-order valence-electron chi connectivity index (χ3n) is 11.6. The van der Waals surface area contributed by atoms with Crippen LogP contribution in [0.3, 0.4) is 0 Å². The van der Waals surface area contributed by atoms with Crippen molar-refractivity contribution in [3.63, 3.8) is 0 Å². The normalized spacial score (nSPS) is 12.7. The van der Waals surface area contributed by atoms with Crippen molar-refractivity contribution >= 4 is 0 Å². The summed E-state index contributed by atoms with van der Waals surface area (Å²) in [6.07, 6.45) is 1.81. The molecule has 264 valence electrons. The Balaban J connectivity index is 1.18. The van der Waals surface area contributed by atoms with Crippen LogP contribution >= 0.6 is 0 Å². The van der Waals surface area contributed by atoms with Gasteiger partial charge < -0.3 is 0 Å². The summed E-state index contributed by atoms with van der Waals surface area (Å²) in [5, 5.41) is 9.55. The van der Waals surface area contributed by atoms with Crippen LogP contribution in [0.5, 0.6) is 0 Å². The molecule has 0 fully saturated rings. The Labute approximate surface area is 331 Å². The fourth-order valence-electron chi connectivity index (χ4n) is 9.12. The van der Waals surface area contributed by atoms with Gasteiger partial charge in [0.1, 0.15) is 0 Å². The van der Waals surface area contributed by atoms with E-state index in [9.17, 15) is 5.26 Å². The van der Waals surface area contributed by atoms with Gasteiger partial charge in [-0.15, -0.1) is 0 Å². The molecule has 0 unspecified atom stereocenters. The van der Waals surface area contributed by atoms with Crippen LogP contribution in [0.2, 0.25) is 0 Å². The maximum absolute atomic E-state index is 9.55. The molecule has 4 nitrogen and oxygen atoms in total. The van der Waals surface area contributed by atoms with Crippen LogP contribution in [0.25, 0.3) is 78.5 Å². The molecule has 1 spiro atoms. The van der Waals surface area contributed by atoms with Crippen molar-refractivity contribution in [3.05, 3.63) is 222 Å². The number of pyridine rings is 1. The summed E-state index contributed by atoms with van der Waals surface area (Å²) in [6.45, 7) is 0. The summed E-state index contributed by atoms with van der Waals surface area (Å²) < 4.78 is 0. The topological polar surface area (TPSA) is 62.5 Å². The van der Waals surface area contributed by atoms with E-state index in [1.807, 2.05) is 48.7 Å². The van der Waals surface area contributed by atoms with Gasteiger partial charge in [-0.25, -0.2) is 9.97 Å². The number of rotatable bonds is 4. The third kappa shape index (κ3) is 5.03. The van der Waals surface area contributed by atoms with Gasteiger partial charge in [-0.1, -0.05) is 140 Å². The van der Waals surface area contributed by atoms with Crippen LogP contribution < -0.4 is 0 Å². The van der Waals surface area contributed by atoms with Crippen LogP contribution in [0.1, 0.15) is 27.8 Å². The van der Waals surface area contributed by atoms with Crippen molar-refractivity contribution < 1.29 is 0 Å². The molecule has 11 rings (SSSR count). The number of fused-ring (bicyclic) bond motifs is 12. The van der Waals surface area contributed by atoms with Gasteiger partial charge in [0.05, 0.1) is 34.1 Å². The molecule has 0 saturated heterocycles. The lowest BCUT2D eigenvalue weighted by Crippen LogP contribution is -2.29. The van der Waals surface area contributed by atoms with Gasteiger partial charge in [-0.3, -0.25) is 4.98 Å². The Bertz CT molecular complexity index is 3020. The molecule has 0 bridgehead atoms. The lowest BCUT2D eigenvalue weighted by atomic mass is 9.65. The van der Waals surface area contributed by atoms with Crippen LogP contribution in [-0.2, 0) is 5.41 Å². The minimum Gasteiger partial charge on any atom is -0.256 e. The molecule has 4 heteroatoms. The molecule has 0 atom stereocenters. The fourth-order valence-corrected chi connectivity index (χ4v) is 9.12. The van der Waals surface area contributed by atoms with Crippen LogP contribution in [0.4, 0.5) is 0 Å². The second-order valence-electron chi connectivity index (χ2n) is 14.6. The molecule has 2 aromatic heterocycles. The highest BCUT2D eigenvalue weighted by Crippen LogP contribution is 2.61. The zero-order valence-corrected chi connectivity index (χ0v) is 30.8. The highest BCUT2D eigenvalue weighted by atomic mass is 14.9. The summed E-state index contributed by atoms with van der Waals surface area (Å²) in [4.78, 5) is 15.0.